The Morgan fingerprint density at radius 1 is 1.18 bits per heavy atom. The van der Waals surface area contributed by atoms with Crippen LogP contribution < -0.4 is 5.32 Å². The van der Waals surface area contributed by atoms with Crippen LogP contribution in [-0.2, 0) is 20.9 Å². The van der Waals surface area contributed by atoms with E-state index in [1.165, 1.54) is 12.1 Å². The second kappa shape index (κ2) is 11.7. The van der Waals surface area contributed by atoms with E-state index in [1.807, 2.05) is 13.0 Å². The molecule has 1 aromatic rings. The molecule has 2 rings (SSSR count). The van der Waals surface area contributed by atoms with Gasteiger partial charge in [-0.3, -0.25) is 19.4 Å². The van der Waals surface area contributed by atoms with Crippen molar-refractivity contribution in [3.8, 4) is 0 Å². The van der Waals surface area contributed by atoms with Crippen LogP contribution in [0, 0.1) is 5.82 Å². The summed E-state index contributed by atoms with van der Waals surface area (Å²) in [6, 6.07) is 6.36. The molecule has 28 heavy (non-hydrogen) atoms. The third-order valence-electron chi connectivity index (χ3n) is 4.82. The van der Waals surface area contributed by atoms with Gasteiger partial charge in [0.25, 0.3) is 0 Å². The number of methoxy groups -OCH3 is 1. The summed E-state index contributed by atoms with van der Waals surface area (Å²) in [5.74, 6) is -0.255. The first-order chi connectivity index (χ1) is 13.5. The third kappa shape index (κ3) is 7.53. The molecule has 2 amide bonds. The highest BCUT2D eigenvalue weighted by Gasteiger charge is 2.22. The number of hydrogen-bond donors (Lipinski definition) is 1. The number of piperazine rings is 1. The first kappa shape index (κ1) is 22.3. The molecule has 0 unspecified atom stereocenters. The Kier molecular flexibility index (Phi) is 9.33. The number of nitrogens with one attached hydrogen (secondary N) is 1. The van der Waals surface area contributed by atoms with Crippen LogP contribution in [0.4, 0.5) is 4.39 Å². The molecule has 1 N–H and O–H groups in total. The zero-order chi connectivity index (χ0) is 20.4. The van der Waals surface area contributed by atoms with Crippen molar-refractivity contribution >= 4 is 11.8 Å². The van der Waals surface area contributed by atoms with E-state index in [1.54, 1.807) is 18.1 Å². The van der Waals surface area contributed by atoms with Gasteiger partial charge in [0.2, 0.25) is 11.8 Å². The first-order valence-electron chi connectivity index (χ1n) is 9.74. The molecule has 1 aromatic carbocycles. The zero-order valence-electron chi connectivity index (χ0n) is 16.8. The Bertz CT molecular complexity index is 636. The molecule has 1 aliphatic heterocycles. The van der Waals surface area contributed by atoms with Crippen LogP contribution in [0.3, 0.4) is 0 Å². The molecular weight excluding hydrogens is 363 g/mol. The van der Waals surface area contributed by atoms with Crippen LogP contribution in [0.25, 0.3) is 0 Å². The number of benzene rings is 1. The molecule has 7 nitrogen and oxygen atoms in total. The van der Waals surface area contributed by atoms with E-state index in [9.17, 15) is 14.0 Å². The van der Waals surface area contributed by atoms with E-state index in [2.05, 4.69) is 15.1 Å². The van der Waals surface area contributed by atoms with Gasteiger partial charge in [-0.25, -0.2) is 4.39 Å². The summed E-state index contributed by atoms with van der Waals surface area (Å²) in [6.45, 7) is 7.64. The van der Waals surface area contributed by atoms with Gasteiger partial charge in [-0.1, -0.05) is 12.1 Å². The van der Waals surface area contributed by atoms with E-state index in [4.69, 9.17) is 4.74 Å². The molecule has 0 bridgehead atoms. The van der Waals surface area contributed by atoms with Gasteiger partial charge in [-0.05, 0) is 24.6 Å². The molecule has 1 saturated heterocycles. The third-order valence-corrected chi connectivity index (χ3v) is 4.82. The SMILES string of the molecule is CCN(Cc1cccc(F)c1)C(=O)CN1CCN(CC(=O)NCCOC)CC1. The molecule has 1 aliphatic rings. The highest BCUT2D eigenvalue weighted by atomic mass is 19.1. The lowest BCUT2D eigenvalue weighted by molar-refractivity contribution is -0.133. The number of nitrogens with zero attached hydrogens (tertiary/aromatic N) is 3. The summed E-state index contributed by atoms with van der Waals surface area (Å²) in [5, 5.41) is 2.82. The Labute approximate surface area is 166 Å². The van der Waals surface area contributed by atoms with Crippen LogP contribution in [0.1, 0.15) is 12.5 Å². The van der Waals surface area contributed by atoms with E-state index in [0.29, 0.717) is 39.3 Å². The van der Waals surface area contributed by atoms with Crippen molar-refractivity contribution in [1.82, 2.24) is 20.0 Å². The highest BCUT2D eigenvalue weighted by molar-refractivity contribution is 5.78. The number of ether oxygens (including phenoxy) is 1. The summed E-state index contributed by atoms with van der Waals surface area (Å²) < 4.78 is 18.3. The van der Waals surface area contributed by atoms with E-state index in [-0.39, 0.29) is 17.6 Å². The minimum atomic E-state index is -0.289. The first-order valence-corrected chi connectivity index (χ1v) is 9.74. The largest absolute Gasteiger partial charge is 0.383 e. The van der Waals surface area contributed by atoms with Gasteiger partial charge < -0.3 is 15.0 Å². The molecule has 1 heterocycles. The molecule has 0 aromatic heterocycles. The van der Waals surface area contributed by atoms with E-state index < -0.39 is 0 Å². The molecule has 1 fully saturated rings. The number of carbonyl (C=O) groups excluding carboxylic acids is 2. The summed E-state index contributed by atoms with van der Waals surface area (Å²) in [5.41, 5.74) is 0.791. The second-order valence-corrected chi connectivity index (χ2v) is 6.93. The number of carbonyl (C=O) groups is 2. The van der Waals surface area contributed by atoms with Gasteiger partial charge >= 0.3 is 0 Å². The Hall–Kier alpha value is -2.03. The normalized spacial score (nSPS) is 15.4. The predicted octanol–water partition coefficient (Wildman–Crippen LogP) is 0.554. The highest BCUT2D eigenvalue weighted by Crippen LogP contribution is 2.09. The van der Waals surface area contributed by atoms with E-state index >= 15 is 0 Å². The molecule has 0 spiro atoms. The zero-order valence-corrected chi connectivity index (χ0v) is 16.8. The van der Waals surface area contributed by atoms with Gasteiger partial charge in [-0.2, -0.15) is 0 Å². The lowest BCUT2D eigenvalue weighted by Gasteiger charge is -2.35. The molecule has 0 aliphatic carbocycles. The fraction of sp³-hybridized carbons (Fsp3) is 0.600. The van der Waals surface area contributed by atoms with Crippen molar-refractivity contribution in [2.75, 3.05) is 66.1 Å². The predicted molar refractivity (Wildman–Crippen MR) is 105 cm³/mol. The van der Waals surface area contributed by atoms with Crippen LogP contribution in [-0.4, -0.2) is 92.6 Å². The Morgan fingerprint density at radius 2 is 1.86 bits per heavy atom. The fourth-order valence-corrected chi connectivity index (χ4v) is 3.18. The lowest BCUT2D eigenvalue weighted by atomic mass is 10.2. The average Bonchev–Trinajstić information content (AvgIpc) is 2.68. The summed E-state index contributed by atoms with van der Waals surface area (Å²) >= 11 is 0. The van der Waals surface area contributed by atoms with Crippen LogP contribution in [0.5, 0.6) is 0 Å². The van der Waals surface area contributed by atoms with Crippen LogP contribution >= 0.6 is 0 Å². The summed E-state index contributed by atoms with van der Waals surface area (Å²) in [6.07, 6.45) is 0. The summed E-state index contributed by atoms with van der Waals surface area (Å²) in [7, 11) is 1.60. The standard InChI is InChI=1S/C20H31FN4O3/c1-3-25(14-17-5-4-6-18(21)13-17)20(27)16-24-10-8-23(9-11-24)15-19(26)22-7-12-28-2/h4-6,13H,3,7-12,14-16H2,1-2H3,(H,22,26). The second-order valence-electron chi connectivity index (χ2n) is 6.93. The maximum absolute atomic E-state index is 13.4. The molecule has 0 saturated carbocycles. The molecule has 0 radical (unpaired) electrons. The van der Waals surface area contributed by atoms with E-state index in [0.717, 1.165) is 31.7 Å². The van der Waals surface area contributed by atoms with Crippen LogP contribution in [0.2, 0.25) is 0 Å². The lowest BCUT2D eigenvalue weighted by Crippen LogP contribution is -2.52. The van der Waals surface area contributed by atoms with Crippen molar-refractivity contribution < 1.29 is 18.7 Å². The maximum atomic E-state index is 13.4. The van der Waals surface area contributed by atoms with Crippen molar-refractivity contribution in [3.63, 3.8) is 0 Å². The van der Waals surface area contributed by atoms with Crippen molar-refractivity contribution in [2.24, 2.45) is 0 Å². The topological polar surface area (TPSA) is 65.1 Å². The smallest absolute Gasteiger partial charge is 0.237 e. The number of hydrogen-bond acceptors (Lipinski definition) is 5. The number of amides is 2. The molecule has 156 valence electrons. The molecule has 0 atom stereocenters. The summed E-state index contributed by atoms with van der Waals surface area (Å²) in [4.78, 5) is 30.4. The minimum Gasteiger partial charge on any atom is -0.383 e. The van der Waals surface area contributed by atoms with Gasteiger partial charge in [0.15, 0.2) is 0 Å². The monoisotopic (exact) mass is 394 g/mol. The van der Waals surface area contributed by atoms with Gasteiger partial charge in [-0.15, -0.1) is 0 Å². The van der Waals surface area contributed by atoms with Crippen molar-refractivity contribution in [1.29, 1.82) is 0 Å². The maximum Gasteiger partial charge on any atom is 0.237 e. The number of halogens is 1. The number of likely N-dealkylation sites (N-methyl/N-ethyl adjacent to an activating group) is 1. The number of rotatable bonds is 10. The van der Waals surface area contributed by atoms with Gasteiger partial charge in [0.05, 0.1) is 19.7 Å². The van der Waals surface area contributed by atoms with Crippen molar-refractivity contribution in [2.45, 2.75) is 13.5 Å². The minimum absolute atomic E-state index is 0.00571. The van der Waals surface area contributed by atoms with Gasteiger partial charge in [0, 0.05) is 52.9 Å². The molecular formula is C20H31FN4O3. The van der Waals surface area contributed by atoms with Crippen molar-refractivity contribution in [3.05, 3.63) is 35.6 Å². The van der Waals surface area contributed by atoms with Crippen LogP contribution in [0.15, 0.2) is 24.3 Å². The Balaban J connectivity index is 1.73. The quantitative estimate of drug-likeness (QED) is 0.588. The molecule has 8 heteroatoms. The fourth-order valence-electron chi connectivity index (χ4n) is 3.18. The average molecular weight is 394 g/mol. The Morgan fingerprint density at radius 3 is 2.46 bits per heavy atom. The van der Waals surface area contributed by atoms with Gasteiger partial charge in [0.1, 0.15) is 5.82 Å².